The minimum atomic E-state index is -0.206. The average molecular weight is 472 g/mol. The minimum Gasteiger partial charge on any atom is -0.497 e. The van der Waals surface area contributed by atoms with Gasteiger partial charge in [0, 0.05) is 30.4 Å². The van der Waals surface area contributed by atoms with Crippen LogP contribution in [0.2, 0.25) is 0 Å². The van der Waals surface area contributed by atoms with Crippen LogP contribution in [0.3, 0.4) is 0 Å². The number of hydrogen-bond acceptors (Lipinski definition) is 5. The topological polar surface area (TPSA) is 64.4 Å². The van der Waals surface area contributed by atoms with Crippen LogP contribution in [-0.2, 0) is 0 Å². The maximum Gasteiger partial charge on any atom is 0.174 e. The monoisotopic (exact) mass is 471 g/mol. The Bertz CT molecular complexity index is 1310. The zero-order chi connectivity index (χ0) is 23.7. The summed E-state index contributed by atoms with van der Waals surface area (Å²) in [6.07, 6.45) is 5.69. The van der Waals surface area contributed by atoms with E-state index in [0.29, 0.717) is 16.6 Å². The fourth-order valence-electron chi connectivity index (χ4n) is 4.35. The van der Waals surface area contributed by atoms with E-state index in [1.54, 1.807) is 20.4 Å². The highest BCUT2D eigenvalue weighted by Gasteiger charge is 2.43. The Balaban J connectivity index is 1.68. The first-order chi connectivity index (χ1) is 16.6. The Morgan fingerprint density at radius 3 is 2.56 bits per heavy atom. The summed E-state index contributed by atoms with van der Waals surface area (Å²) >= 11 is 5.87. The molecule has 1 fully saturated rings. The summed E-state index contributed by atoms with van der Waals surface area (Å²) in [5.74, 6) is 2.22. The SMILES string of the molecule is COc1ccc(N2C(=S)NC(c3ccccn3)C2c2cccn2-c2ccc(C)cn2)c(OC)c1. The third kappa shape index (κ3) is 3.86. The molecule has 1 aliphatic rings. The number of methoxy groups -OCH3 is 2. The highest BCUT2D eigenvalue weighted by molar-refractivity contribution is 7.80. The molecule has 5 rings (SSSR count). The van der Waals surface area contributed by atoms with Crippen LogP contribution in [0.5, 0.6) is 11.5 Å². The van der Waals surface area contributed by atoms with Crippen molar-refractivity contribution in [3.05, 3.63) is 96.2 Å². The second-order valence-electron chi connectivity index (χ2n) is 8.03. The number of aryl methyl sites for hydroxylation is 1. The Hall–Kier alpha value is -3.91. The van der Waals surface area contributed by atoms with E-state index < -0.39 is 0 Å². The quantitative estimate of drug-likeness (QED) is 0.407. The standard InChI is InChI=1S/C26H25N5O2S/c1-17-9-12-23(28-16-17)30-14-6-8-21(30)25-24(19-7-4-5-13-27-19)29-26(34)31(25)20-11-10-18(32-2)15-22(20)33-3/h4-16,24-25H,1-3H3,(H,29,34). The maximum atomic E-state index is 5.87. The fraction of sp³-hybridized carbons (Fsp3) is 0.192. The number of nitrogens with zero attached hydrogens (tertiary/aromatic N) is 4. The van der Waals surface area contributed by atoms with Gasteiger partial charge in [0.1, 0.15) is 23.4 Å². The molecular formula is C26H25N5O2S. The summed E-state index contributed by atoms with van der Waals surface area (Å²) in [5.41, 5.74) is 3.87. The van der Waals surface area contributed by atoms with Crippen molar-refractivity contribution >= 4 is 23.0 Å². The summed E-state index contributed by atoms with van der Waals surface area (Å²) in [5, 5.41) is 4.09. The van der Waals surface area contributed by atoms with Gasteiger partial charge in [0.2, 0.25) is 0 Å². The van der Waals surface area contributed by atoms with Gasteiger partial charge in [-0.1, -0.05) is 12.1 Å². The van der Waals surface area contributed by atoms with E-state index in [9.17, 15) is 0 Å². The van der Waals surface area contributed by atoms with E-state index in [2.05, 4.69) is 36.9 Å². The molecule has 1 N–H and O–H groups in total. The van der Waals surface area contributed by atoms with E-state index >= 15 is 0 Å². The van der Waals surface area contributed by atoms with Gasteiger partial charge in [0.25, 0.3) is 0 Å². The lowest BCUT2D eigenvalue weighted by Gasteiger charge is -2.30. The van der Waals surface area contributed by atoms with Crippen molar-refractivity contribution in [2.24, 2.45) is 0 Å². The molecule has 8 heteroatoms. The molecule has 0 amide bonds. The molecular weight excluding hydrogens is 446 g/mol. The van der Waals surface area contributed by atoms with Gasteiger partial charge in [-0.05, 0) is 67.2 Å². The zero-order valence-electron chi connectivity index (χ0n) is 19.2. The number of anilines is 1. The molecule has 0 spiro atoms. The van der Waals surface area contributed by atoms with Crippen molar-refractivity contribution in [3.8, 4) is 17.3 Å². The molecule has 1 saturated heterocycles. The molecule has 2 unspecified atom stereocenters. The predicted molar refractivity (Wildman–Crippen MR) is 136 cm³/mol. The van der Waals surface area contributed by atoms with Crippen molar-refractivity contribution < 1.29 is 9.47 Å². The molecule has 4 heterocycles. The number of benzene rings is 1. The van der Waals surface area contributed by atoms with Gasteiger partial charge in [0.05, 0.1) is 31.6 Å². The number of pyridine rings is 2. The Morgan fingerprint density at radius 2 is 1.85 bits per heavy atom. The van der Waals surface area contributed by atoms with Crippen LogP contribution in [-0.4, -0.2) is 33.9 Å². The molecule has 1 aliphatic heterocycles. The Morgan fingerprint density at radius 1 is 0.971 bits per heavy atom. The minimum absolute atomic E-state index is 0.181. The number of nitrogens with one attached hydrogen (secondary N) is 1. The first kappa shape index (κ1) is 21.9. The molecule has 0 radical (unpaired) electrons. The Labute approximate surface area is 204 Å². The first-order valence-electron chi connectivity index (χ1n) is 10.9. The lowest BCUT2D eigenvalue weighted by molar-refractivity contribution is 0.394. The van der Waals surface area contributed by atoms with E-state index in [4.69, 9.17) is 21.7 Å². The molecule has 4 aromatic rings. The second-order valence-corrected chi connectivity index (χ2v) is 8.42. The maximum absolute atomic E-state index is 5.87. The van der Waals surface area contributed by atoms with Crippen LogP contribution in [0, 0.1) is 6.92 Å². The third-order valence-electron chi connectivity index (χ3n) is 5.97. The van der Waals surface area contributed by atoms with Crippen LogP contribution in [0.15, 0.2) is 79.3 Å². The van der Waals surface area contributed by atoms with E-state index in [0.717, 1.165) is 28.5 Å². The van der Waals surface area contributed by atoms with Gasteiger partial charge in [-0.25, -0.2) is 4.98 Å². The van der Waals surface area contributed by atoms with Gasteiger partial charge >= 0.3 is 0 Å². The summed E-state index contributed by atoms with van der Waals surface area (Å²) in [4.78, 5) is 11.4. The van der Waals surface area contributed by atoms with E-state index in [1.165, 1.54) is 0 Å². The highest BCUT2D eigenvalue weighted by atomic mass is 32.1. The summed E-state index contributed by atoms with van der Waals surface area (Å²) in [7, 11) is 3.28. The highest BCUT2D eigenvalue weighted by Crippen LogP contribution is 2.45. The molecule has 34 heavy (non-hydrogen) atoms. The van der Waals surface area contributed by atoms with Gasteiger partial charge in [0.15, 0.2) is 5.11 Å². The number of hydrogen-bond donors (Lipinski definition) is 1. The first-order valence-corrected chi connectivity index (χ1v) is 11.3. The average Bonchev–Trinajstić information content (AvgIpc) is 3.49. The lowest BCUT2D eigenvalue weighted by atomic mass is 10.0. The van der Waals surface area contributed by atoms with Crippen molar-refractivity contribution in [1.29, 1.82) is 0 Å². The lowest BCUT2D eigenvalue weighted by Crippen LogP contribution is -2.30. The van der Waals surface area contributed by atoms with E-state index in [1.807, 2.05) is 67.8 Å². The third-order valence-corrected chi connectivity index (χ3v) is 6.28. The normalized spacial score (nSPS) is 17.5. The molecule has 0 bridgehead atoms. The summed E-state index contributed by atoms with van der Waals surface area (Å²) < 4.78 is 13.2. The van der Waals surface area contributed by atoms with Gasteiger partial charge in [-0.15, -0.1) is 0 Å². The Kier molecular flexibility index (Phi) is 5.90. The zero-order valence-corrected chi connectivity index (χ0v) is 20.0. The predicted octanol–water partition coefficient (Wildman–Crippen LogP) is 4.77. The number of ether oxygens (including phenoxy) is 2. The number of rotatable bonds is 6. The van der Waals surface area contributed by atoms with Crippen LogP contribution in [0.4, 0.5) is 5.69 Å². The molecule has 0 aliphatic carbocycles. The van der Waals surface area contributed by atoms with Crippen molar-refractivity contribution in [3.63, 3.8) is 0 Å². The number of thiocarbonyl (C=S) groups is 1. The van der Waals surface area contributed by atoms with Crippen molar-refractivity contribution in [2.45, 2.75) is 19.0 Å². The van der Waals surface area contributed by atoms with E-state index in [-0.39, 0.29) is 12.1 Å². The van der Waals surface area contributed by atoms with Crippen molar-refractivity contribution in [2.75, 3.05) is 19.1 Å². The smallest absolute Gasteiger partial charge is 0.174 e. The molecule has 7 nitrogen and oxygen atoms in total. The largest absolute Gasteiger partial charge is 0.497 e. The molecule has 3 aromatic heterocycles. The van der Waals surface area contributed by atoms with Crippen molar-refractivity contribution in [1.82, 2.24) is 19.9 Å². The van der Waals surface area contributed by atoms with Gasteiger partial charge in [-0.3, -0.25) is 4.98 Å². The number of aromatic nitrogens is 3. The second kappa shape index (κ2) is 9.15. The molecule has 1 aromatic carbocycles. The fourth-order valence-corrected chi connectivity index (χ4v) is 4.68. The summed E-state index contributed by atoms with van der Waals surface area (Å²) in [6.45, 7) is 2.03. The van der Waals surface area contributed by atoms with Gasteiger partial charge < -0.3 is 24.3 Å². The van der Waals surface area contributed by atoms with Crippen LogP contribution in [0.1, 0.15) is 29.0 Å². The van der Waals surface area contributed by atoms with Gasteiger partial charge in [-0.2, -0.15) is 0 Å². The van der Waals surface area contributed by atoms with Crippen LogP contribution >= 0.6 is 12.2 Å². The molecule has 2 atom stereocenters. The summed E-state index contributed by atoms with van der Waals surface area (Å²) in [6, 6.07) is 19.5. The molecule has 0 saturated carbocycles. The van der Waals surface area contributed by atoms with Crippen LogP contribution in [0.25, 0.3) is 5.82 Å². The van der Waals surface area contributed by atoms with Crippen LogP contribution < -0.4 is 19.7 Å². The molecule has 172 valence electrons.